The number of para-hydroxylation sites is 1. The largest absolute Gasteiger partial charge is 0.454 e. The van der Waals surface area contributed by atoms with E-state index in [1.807, 2.05) is 0 Å². The average molecular weight is 436 g/mol. The van der Waals surface area contributed by atoms with Gasteiger partial charge in [0.2, 0.25) is 12.7 Å². The maximum absolute atomic E-state index is 14.0. The van der Waals surface area contributed by atoms with Crippen LogP contribution in [-0.2, 0) is 4.79 Å². The van der Waals surface area contributed by atoms with Crippen LogP contribution in [0.3, 0.4) is 0 Å². The van der Waals surface area contributed by atoms with Gasteiger partial charge < -0.3 is 19.7 Å². The molecule has 9 heteroatoms. The van der Waals surface area contributed by atoms with Crippen molar-refractivity contribution in [3.8, 4) is 17.2 Å². The second-order valence-corrected chi connectivity index (χ2v) is 7.72. The fourth-order valence-corrected chi connectivity index (χ4v) is 3.94. The predicted octanol–water partition coefficient (Wildman–Crippen LogP) is 3.23. The van der Waals surface area contributed by atoms with Gasteiger partial charge >= 0.3 is 0 Å². The number of rotatable bonds is 4. The average Bonchev–Trinajstić information content (AvgIpc) is 3.48. The zero-order chi connectivity index (χ0) is 22.1. The van der Waals surface area contributed by atoms with E-state index in [2.05, 4.69) is 10.4 Å². The summed E-state index contributed by atoms with van der Waals surface area (Å²) in [6.07, 6.45) is 2.67. The van der Waals surface area contributed by atoms with Crippen molar-refractivity contribution < 1.29 is 23.5 Å². The van der Waals surface area contributed by atoms with E-state index in [-0.39, 0.29) is 35.9 Å². The van der Waals surface area contributed by atoms with Crippen LogP contribution >= 0.6 is 0 Å². The lowest BCUT2D eigenvalue weighted by Gasteiger charge is -2.30. The number of carbonyl (C=O) groups excluding carboxylic acids is 2. The number of hydrogen-bond acceptors (Lipinski definition) is 5. The van der Waals surface area contributed by atoms with E-state index < -0.39 is 5.82 Å². The number of likely N-dealkylation sites (tertiary alicyclic amines) is 1. The second-order valence-electron chi connectivity index (χ2n) is 7.72. The van der Waals surface area contributed by atoms with Crippen LogP contribution in [0.4, 0.5) is 10.1 Å². The SMILES string of the molecule is O=C(Nc1ccc2c(c1)OCO2)C1CCN(C(=O)c2ccn(-c3ccccc3F)n2)CC1. The summed E-state index contributed by atoms with van der Waals surface area (Å²) in [4.78, 5) is 27.2. The molecule has 1 fully saturated rings. The minimum atomic E-state index is -0.413. The van der Waals surface area contributed by atoms with Crippen molar-refractivity contribution >= 4 is 17.5 Å². The third kappa shape index (κ3) is 3.89. The summed E-state index contributed by atoms with van der Waals surface area (Å²) in [5.41, 5.74) is 1.18. The molecule has 1 aromatic heterocycles. The highest BCUT2D eigenvalue weighted by Crippen LogP contribution is 2.34. The van der Waals surface area contributed by atoms with Crippen molar-refractivity contribution in [1.82, 2.24) is 14.7 Å². The number of piperidine rings is 1. The number of fused-ring (bicyclic) bond motifs is 1. The fourth-order valence-electron chi connectivity index (χ4n) is 3.94. The Hall–Kier alpha value is -3.88. The molecular weight excluding hydrogens is 415 g/mol. The van der Waals surface area contributed by atoms with E-state index in [0.29, 0.717) is 43.1 Å². The highest BCUT2D eigenvalue weighted by Gasteiger charge is 2.29. The van der Waals surface area contributed by atoms with Crippen molar-refractivity contribution in [2.45, 2.75) is 12.8 Å². The first-order valence-corrected chi connectivity index (χ1v) is 10.4. The Morgan fingerprint density at radius 2 is 1.81 bits per heavy atom. The number of aromatic nitrogens is 2. The number of hydrogen-bond donors (Lipinski definition) is 1. The van der Waals surface area contributed by atoms with Crippen molar-refractivity contribution in [3.63, 3.8) is 0 Å². The summed E-state index contributed by atoms with van der Waals surface area (Å²) >= 11 is 0. The molecule has 5 rings (SSSR count). The number of carbonyl (C=O) groups is 2. The Labute approximate surface area is 183 Å². The highest BCUT2D eigenvalue weighted by molar-refractivity contribution is 5.94. The summed E-state index contributed by atoms with van der Waals surface area (Å²) in [6, 6.07) is 13.1. The van der Waals surface area contributed by atoms with Gasteiger partial charge in [-0.25, -0.2) is 9.07 Å². The molecule has 2 aromatic carbocycles. The molecule has 2 aliphatic heterocycles. The Balaban J connectivity index is 1.18. The van der Waals surface area contributed by atoms with E-state index in [4.69, 9.17) is 9.47 Å². The molecule has 2 amide bonds. The van der Waals surface area contributed by atoms with Crippen molar-refractivity contribution in [3.05, 3.63) is 66.2 Å². The lowest BCUT2D eigenvalue weighted by molar-refractivity contribution is -0.121. The first-order valence-electron chi connectivity index (χ1n) is 10.4. The first kappa shape index (κ1) is 20.0. The molecule has 3 heterocycles. The lowest BCUT2D eigenvalue weighted by atomic mass is 9.95. The molecule has 8 nitrogen and oxygen atoms in total. The molecule has 0 radical (unpaired) electrons. The molecule has 1 saturated heterocycles. The summed E-state index contributed by atoms with van der Waals surface area (Å²) in [5, 5.41) is 7.15. The number of halogens is 1. The molecule has 0 unspecified atom stereocenters. The maximum Gasteiger partial charge on any atom is 0.274 e. The molecular formula is C23H21FN4O4. The predicted molar refractivity (Wildman–Crippen MR) is 113 cm³/mol. The van der Waals surface area contributed by atoms with Crippen LogP contribution in [0.1, 0.15) is 23.3 Å². The number of benzene rings is 2. The van der Waals surface area contributed by atoms with Crippen LogP contribution in [-0.4, -0.2) is 46.4 Å². The van der Waals surface area contributed by atoms with E-state index in [0.717, 1.165) is 0 Å². The van der Waals surface area contributed by atoms with Crippen LogP contribution < -0.4 is 14.8 Å². The molecule has 164 valence electrons. The maximum atomic E-state index is 14.0. The highest BCUT2D eigenvalue weighted by atomic mass is 19.1. The number of nitrogens with zero attached hydrogens (tertiary/aromatic N) is 3. The second kappa shape index (κ2) is 8.33. The van der Waals surface area contributed by atoms with Crippen LogP contribution in [0.25, 0.3) is 5.69 Å². The molecule has 32 heavy (non-hydrogen) atoms. The summed E-state index contributed by atoms with van der Waals surface area (Å²) in [5.74, 6) is 0.351. The molecule has 2 aliphatic rings. The molecule has 1 N–H and O–H groups in total. The molecule has 0 saturated carbocycles. The minimum Gasteiger partial charge on any atom is -0.454 e. The van der Waals surface area contributed by atoms with Gasteiger partial charge in [0.15, 0.2) is 17.2 Å². The van der Waals surface area contributed by atoms with Crippen LogP contribution in [0, 0.1) is 11.7 Å². The molecule has 0 atom stereocenters. The molecule has 0 spiro atoms. The first-order chi connectivity index (χ1) is 15.6. The third-order valence-corrected chi connectivity index (χ3v) is 5.70. The zero-order valence-corrected chi connectivity index (χ0v) is 17.2. The van der Waals surface area contributed by atoms with E-state index in [9.17, 15) is 14.0 Å². The zero-order valence-electron chi connectivity index (χ0n) is 17.2. The topological polar surface area (TPSA) is 85.7 Å². The Kier molecular flexibility index (Phi) is 5.22. The van der Waals surface area contributed by atoms with E-state index in [1.165, 1.54) is 10.7 Å². The third-order valence-electron chi connectivity index (χ3n) is 5.70. The lowest BCUT2D eigenvalue weighted by Crippen LogP contribution is -2.41. The van der Waals surface area contributed by atoms with Crippen LogP contribution in [0.5, 0.6) is 11.5 Å². The van der Waals surface area contributed by atoms with Crippen molar-refractivity contribution in [2.24, 2.45) is 5.92 Å². The van der Waals surface area contributed by atoms with Gasteiger partial charge in [-0.15, -0.1) is 0 Å². The number of anilines is 1. The van der Waals surface area contributed by atoms with Gasteiger partial charge in [-0.1, -0.05) is 12.1 Å². The molecule has 0 bridgehead atoms. The molecule has 0 aliphatic carbocycles. The van der Waals surface area contributed by atoms with E-state index in [1.54, 1.807) is 53.6 Å². The van der Waals surface area contributed by atoms with Gasteiger partial charge in [0.05, 0.1) is 0 Å². The van der Waals surface area contributed by atoms with Crippen molar-refractivity contribution in [2.75, 3.05) is 25.2 Å². The quantitative estimate of drug-likeness (QED) is 0.679. The Morgan fingerprint density at radius 3 is 2.62 bits per heavy atom. The van der Waals surface area contributed by atoms with Crippen molar-refractivity contribution in [1.29, 1.82) is 0 Å². The van der Waals surface area contributed by atoms with Gasteiger partial charge in [-0.3, -0.25) is 9.59 Å². The number of ether oxygens (including phenoxy) is 2. The van der Waals surface area contributed by atoms with Gasteiger partial charge in [0, 0.05) is 37.0 Å². The number of amides is 2. The summed E-state index contributed by atoms with van der Waals surface area (Å²) in [7, 11) is 0. The normalized spacial score (nSPS) is 15.6. The van der Waals surface area contributed by atoms with E-state index >= 15 is 0 Å². The fraction of sp³-hybridized carbons (Fsp3) is 0.261. The Morgan fingerprint density at radius 1 is 1.03 bits per heavy atom. The molecule has 3 aromatic rings. The van der Waals surface area contributed by atoms with Gasteiger partial charge in [-0.2, -0.15) is 5.10 Å². The minimum absolute atomic E-state index is 0.0835. The van der Waals surface area contributed by atoms with Gasteiger partial charge in [0.1, 0.15) is 11.5 Å². The van der Waals surface area contributed by atoms with Crippen LogP contribution in [0.15, 0.2) is 54.7 Å². The summed E-state index contributed by atoms with van der Waals surface area (Å²) in [6.45, 7) is 1.08. The summed E-state index contributed by atoms with van der Waals surface area (Å²) < 4.78 is 25.9. The monoisotopic (exact) mass is 436 g/mol. The smallest absolute Gasteiger partial charge is 0.274 e. The standard InChI is InChI=1S/C23H21FN4O4/c24-17-3-1-2-4-19(17)28-12-9-18(26-28)23(30)27-10-7-15(8-11-27)22(29)25-16-5-6-20-21(13-16)32-14-31-20/h1-6,9,12-13,15H,7-8,10-11,14H2,(H,25,29). The van der Waals surface area contributed by atoms with Crippen LogP contribution in [0.2, 0.25) is 0 Å². The number of nitrogens with one attached hydrogen (secondary N) is 1. The van der Waals surface area contributed by atoms with Gasteiger partial charge in [-0.05, 0) is 43.2 Å². The van der Waals surface area contributed by atoms with Gasteiger partial charge in [0.25, 0.3) is 5.91 Å². The Bertz CT molecular complexity index is 1170.